The number of primary amides is 1. The molecule has 0 aromatic carbocycles. The minimum Gasteiger partial charge on any atom is -0.351 e. The first-order valence-corrected chi connectivity index (χ1v) is 2.55. The lowest BCUT2D eigenvalue weighted by atomic mass is 10.6. The summed E-state index contributed by atoms with van der Waals surface area (Å²) in [5, 5.41) is 0. The van der Waals surface area contributed by atoms with Gasteiger partial charge in [0.25, 0.3) is 0 Å². The largest absolute Gasteiger partial charge is 0.407 e. The van der Waals surface area contributed by atoms with Gasteiger partial charge < -0.3 is 5.73 Å². The van der Waals surface area contributed by atoms with Gasteiger partial charge in [0.1, 0.15) is 6.54 Å². The minimum absolute atomic E-state index is 0.0833. The molecule has 2 amide bonds. The standard InChI is InChI=1S/C3H5F3N2OS/c4-3(5,6)1-8(10)2(7)9/h10H,1H2,(H2,7,9). The van der Waals surface area contributed by atoms with E-state index < -0.39 is 18.8 Å². The van der Waals surface area contributed by atoms with Crippen molar-refractivity contribution in [1.29, 1.82) is 0 Å². The Balaban J connectivity index is 3.80. The van der Waals surface area contributed by atoms with Gasteiger partial charge in [0, 0.05) is 0 Å². The van der Waals surface area contributed by atoms with Crippen LogP contribution in [0.1, 0.15) is 0 Å². The fraction of sp³-hybridized carbons (Fsp3) is 0.667. The van der Waals surface area contributed by atoms with Crippen LogP contribution in [0.15, 0.2) is 0 Å². The molecule has 0 aromatic heterocycles. The third-order valence-electron chi connectivity index (χ3n) is 0.583. The van der Waals surface area contributed by atoms with Crippen molar-refractivity contribution in [2.75, 3.05) is 6.54 Å². The number of hydrogen-bond donors (Lipinski definition) is 2. The van der Waals surface area contributed by atoms with Crippen LogP contribution in [0.25, 0.3) is 0 Å². The maximum absolute atomic E-state index is 11.4. The number of carbonyl (C=O) groups excluding carboxylic acids is 1. The lowest BCUT2D eigenvalue weighted by Crippen LogP contribution is -2.35. The summed E-state index contributed by atoms with van der Waals surface area (Å²) in [6.45, 7) is -1.44. The summed E-state index contributed by atoms with van der Waals surface area (Å²) in [4.78, 5) is 9.95. The van der Waals surface area contributed by atoms with Crippen molar-refractivity contribution in [3.05, 3.63) is 0 Å². The predicted molar refractivity (Wildman–Crippen MR) is 31.3 cm³/mol. The Bertz CT molecular complexity index is 136. The van der Waals surface area contributed by atoms with Crippen LogP contribution in [0.5, 0.6) is 0 Å². The summed E-state index contributed by atoms with van der Waals surface area (Å²) in [5.74, 6) is 0. The molecular formula is C3H5F3N2OS. The molecular weight excluding hydrogens is 169 g/mol. The Morgan fingerprint density at radius 1 is 1.60 bits per heavy atom. The first-order valence-electron chi connectivity index (χ1n) is 2.15. The van der Waals surface area contributed by atoms with Gasteiger partial charge in [-0.2, -0.15) is 13.2 Å². The number of nitrogens with two attached hydrogens (primary N) is 1. The van der Waals surface area contributed by atoms with Gasteiger partial charge in [0.15, 0.2) is 0 Å². The Morgan fingerprint density at radius 3 is 2.10 bits per heavy atom. The van der Waals surface area contributed by atoms with E-state index in [4.69, 9.17) is 0 Å². The molecule has 0 aliphatic rings. The molecule has 0 saturated carbocycles. The molecule has 2 N–H and O–H groups in total. The van der Waals surface area contributed by atoms with E-state index in [1.165, 1.54) is 0 Å². The molecule has 60 valence electrons. The van der Waals surface area contributed by atoms with E-state index in [1.807, 2.05) is 0 Å². The molecule has 7 heteroatoms. The topological polar surface area (TPSA) is 46.3 Å². The van der Waals surface area contributed by atoms with E-state index >= 15 is 0 Å². The highest BCUT2D eigenvalue weighted by Crippen LogP contribution is 2.16. The van der Waals surface area contributed by atoms with Crippen molar-refractivity contribution >= 4 is 18.8 Å². The number of urea groups is 1. The van der Waals surface area contributed by atoms with Crippen molar-refractivity contribution in [1.82, 2.24) is 4.31 Å². The summed E-state index contributed by atoms with van der Waals surface area (Å²) < 4.78 is 34.2. The van der Waals surface area contributed by atoms with Gasteiger partial charge in [-0.15, -0.1) is 0 Å². The molecule has 0 heterocycles. The monoisotopic (exact) mass is 174 g/mol. The molecule has 0 aromatic rings. The molecule has 0 spiro atoms. The number of halogens is 3. The van der Waals surface area contributed by atoms with Crippen LogP contribution >= 0.6 is 12.8 Å². The quantitative estimate of drug-likeness (QED) is 0.567. The highest BCUT2D eigenvalue weighted by Gasteiger charge is 2.31. The van der Waals surface area contributed by atoms with Gasteiger partial charge in [-0.3, -0.25) is 4.31 Å². The summed E-state index contributed by atoms with van der Waals surface area (Å²) in [6, 6.07) is -1.22. The summed E-state index contributed by atoms with van der Waals surface area (Å²) >= 11 is 3.16. The molecule has 10 heavy (non-hydrogen) atoms. The van der Waals surface area contributed by atoms with Crippen molar-refractivity contribution in [2.45, 2.75) is 6.18 Å². The van der Waals surface area contributed by atoms with Crippen LogP contribution < -0.4 is 5.73 Å². The molecule has 0 bridgehead atoms. The maximum Gasteiger partial charge on any atom is 0.407 e. The van der Waals surface area contributed by atoms with E-state index in [0.717, 1.165) is 0 Å². The van der Waals surface area contributed by atoms with Crippen LogP contribution in [0.3, 0.4) is 0 Å². The molecule has 0 radical (unpaired) electrons. The van der Waals surface area contributed by atoms with E-state index in [0.29, 0.717) is 0 Å². The second kappa shape index (κ2) is 3.00. The van der Waals surface area contributed by atoms with E-state index in [-0.39, 0.29) is 4.31 Å². The number of hydrogen-bond acceptors (Lipinski definition) is 2. The van der Waals surface area contributed by atoms with Crippen molar-refractivity contribution in [2.24, 2.45) is 5.73 Å². The van der Waals surface area contributed by atoms with Gasteiger partial charge in [0.05, 0.1) is 0 Å². The average Bonchev–Trinajstić information content (AvgIpc) is 1.60. The van der Waals surface area contributed by atoms with Crippen molar-refractivity contribution < 1.29 is 18.0 Å². The fourth-order valence-electron chi connectivity index (χ4n) is 0.248. The zero-order valence-electron chi connectivity index (χ0n) is 4.72. The second-order valence-electron chi connectivity index (χ2n) is 1.51. The second-order valence-corrected chi connectivity index (χ2v) is 1.99. The number of amides is 2. The zero-order valence-corrected chi connectivity index (χ0v) is 5.62. The molecule has 0 rings (SSSR count). The normalized spacial score (nSPS) is 11.2. The van der Waals surface area contributed by atoms with Gasteiger partial charge >= 0.3 is 12.2 Å². The predicted octanol–water partition coefficient (Wildman–Crippen LogP) is 0.774. The molecule has 0 unspecified atom stereocenters. The van der Waals surface area contributed by atoms with E-state index in [9.17, 15) is 18.0 Å². The third kappa shape index (κ3) is 4.30. The van der Waals surface area contributed by atoms with Crippen LogP contribution in [0.4, 0.5) is 18.0 Å². The van der Waals surface area contributed by atoms with Crippen LogP contribution in [0, 0.1) is 0 Å². The Kier molecular flexibility index (Phi) is 2.82. The van der Waals surface area contributed by atoms with Gasteiger partial charge in [-0.25, -0.2) is 4.79 Å². The van der Waals surface area contributed by atoms with Crippen LogP contribution in [-0.4, -0.2) is 23.1 Å². The SMILES string of the molecule is NC(=O)N(S)CC(F)(F)F. The number of nitrogens with zero attached hydrogens (tertiary/aromatic N) is 1. The number of thiol groups is 1. The number of rotatable bonds is 1. The van der Waals surface area contributed by atoms with E-state index in [1.54, 1.807) is 0 Å². The van der Waals surface area contributed by atoms with Crippen LogP contribution in [-0.2, 0) is 0 Å². The Morgan fingerprint density at radius 2 is 2.00 bits per heavy atom. The summed E-state index contributed by atoms with van der Waals surface area (Å²) in [5.41, 5.74) is 4.45. The molecule has 0 fully saturated rings. The van der Waals surface area contributed by atoms with E-state index in [2.05, 4.69) is 18.5 Å². The summed E-state index contributed by atoms with van der Waals surface area (Å²) in [7, 11) is 0. The molecule has 0 aliphatic heterocycles. The first-order chi connectivity index (χ1) is 4.33. The lowest BCUT2D eigenvalue weighted by molar-refractivity contribution is -0.131. The smallest absolute Gasteiger partial charge is 0.351 e. The van der Waals surface area contributed by atoms with Crippen molar-refractivity contribution in [3.8, 4) is 0 Å². The zero-order chi connectivity index (χ0) is 8.36. The van der Waals surface area contributed by atoms with Crippen LogP contribution in [0.2, 0.25) is 0 Å². The highest BCUT2D eigenvalue weighted by molar-refractivity contribution is 7.78. The number of carbonyl (C=O) groups is 1. The minimum atomic E-state index is -4.45. The maximum atomic E-state index is 11.4. The molecule has 0 atom stereocenters. The van der Waals surface area contributed by atoms with Gasteiger partial charge in [-0.1, -0.05) is 12.8 Å². The molecule has 0 saturated heterocycles. The summed E-state index contributed by atoms with van der Waals surface area (Å²) in [6.07, 6.45) is -4.45. The third-order valence-corrected chi connectivity index (χ3v) is 0.922. The number of alkyl halides is 3. The molecule has 3 nitrogen and oxygen atoms in total. The van der Waals surface area contributed by atoms with Crippen molar-refractivity contribution in [3.63, 3.8) is 0 Å². The lowest BCUT2D eigenvalue weighted by Gasteiger charge is -2.13. The first kappa shape index (κ1) is 9.41. The van der Waals surface area contributed by atoms with Gasteiger partial charge in [-0.05, 0) is 0 Å². The highest BCUT2D eigenvalue weighted by atomic mass is 32.1. The fourth-order valence-corrected chi connectivity index (χ4v) is 0.408. The Labute approximate surface area is 60.5 Å². The Hall–Kier alpha value is -0.590. The average molecular weight is 174 g/mol. The molecule has 0 aliphatic carbocycles. The van der Waals surface area contributed by atoms with Gasteiger partial charge in [0.2, 0.25) is 0 Å².